The molecule has 0 radical (unpaired) electrons. The van der Waals surface area contributed by atoms with Crippen LogP contribution in [-0.4, -0.2) is 32.5 Å². The predicted molar refractivity (Wildman–Crippen MR) is 69.3 cm³/mol. The molecule has 2 rings (SSSR count). The van der Waals surface area contributed by atoms with Gasteiger partial charge in [-0.2, -0.15) is 0 Å². The molecular formula is C14H17NO4. The molecule has 1 unspecified atom stereocenters. The maximum atomic E-state index is 10.2. The molecule has 0 amide bonds. The lowest BCUT2D eigenvalue weighted by atomic mass is 10.1. The summed E-state index contributed by atoms with van der Waals surface area (Å²) in [4.78, 5) is 13.8. The Bertz CT molecular complexity index is 463. The highest BCUT2D eigenvalue weighted by atomic mass is 16.5. The van der Waals surface area contributed by atoms with Crippen molar-refractivity contribution in [2.24, 2.45) is 4.99 Å². The molecule has 1 aromatic carbocycles. The minimum Gasteiger partial charge on any atom is -0.493 e. The minimum absolute atomic E-state index is 0.0486. The third-order valence-electron chi connectivity index (χ3n) is 2.99. The Morgan fingerprint density at radius 3 is 3.11 bits per heavy atom. The summed E-state index contributed by atoms with van der Waals surface area (Å²) >= 11 is 0. The number of methoxy groups -OCH3 is 1. The second kappa shape index (κ2) is 6.92. The van der Waals surface area contributed by atoms with Gasteiger partial charge in [0.05, 0.1) is 20.3 Å². The number of rotatable bonds is 5. The Morgan fingerprint density at radius 2 is 2.42 bits per heavy atom. The van der Waals surface area contributed by atoms with Gasteiger partial charge in [0.25, 0.3) is 0 Å². The number of aliphatic imine (C=N–C) groups is 1. The first kappa shape index (κ1) is 13.6. The van der Waals surface area contributed by atoms with E-state index in [1.807, 2.05) is 18.2 Å². The number of para-hydroxylation sites is 1. The van der Waals surface area contributed by atoms with E-state index in [0.29, 0.717) is 18.1 Å². The van der Waals surface area contributed by atoms with E-state index < -0.39 is 0 Å². The van der Waals surface area contributed by atoms with Crippen LogP contribution in [0.5, 0.6) is 11.5 Å². The third kappa shape index (κ3) is 3.56. The fourth-order valence-electron chi connectivity index (χ4n) is 2.11. The molecule has 0 saturated carbocycles. The number of ether oxygens (including phenoxy) is 3. The van der Waals surface area contributed by atoms with Crippen LogP contribution < -0.4 is 9.47 Å². The van der Waals surface area contributed by atoms with Crippen molar-refractivity contribution in [2.45, 2.75) is 25.5 Å². The van der Waals surface area contributed by atoms with Crippen LogP contribution in [0.15, 0.2) is 23.2 Å². The first-order valence-electron chi connectivity index (χ1n) is 6.29. The fourth-order valence-corrected chi connectivity index (χ4v) is 2.11. The van der Waals surface area contributed by atoms with Crippen LogP contribution in [0.1, 0.15) is 18.4 Å². The summed E-state index contributed by atoms with van der Waals surface area (Å²) in [6, 6.07) is 5.56. The zero-order valence-electron chi connectivity index (χ0n) is 10.9. The molecule has 5 heteroatoms. The van der Waals surface area contributed by atoms with Crippen molar-refractivity contribution in [3.05, 3.63) is 23.8 Å². The number of carbonyl (C=O) groups excluding carboxylic acids is 1. The van der Waals surface area contributed by atoms with Gasteiger partial charge in [-0.25, -0.2) is 9.79 Å². The summed E-state index contributed by atoms with van der Waals surface area (Å²) in [7, 11) is 1.58. The van der Waals surface area contributed by atoms with Crippen molar-refractivity contribution in [1.29, 1.82) is 0 Å². The van der Waals surface area contributed by atoms with Crippen LogP contribution in [0.4, 0.5) is 0 Å². The van der Waals surface area contributed by atoms with Crippen LogP contribution in [0.25, 0.3) is 0 Å². The number of hydrogen-bond acceptors (Lipinski definition) is 5. The molecule has 1 heterocycles. The summed E-state index contributed by atoms with van der Waals surface area (Å²) in [5.74, 6) is 1.28. The molecule has 0 aliphatic carbocycles. The Kier molecular flexibility index (Phi) is 4.95. The monoisotopic (exact) mass is 263 g/mol. The topological polar surface area (TPSA) is 57.1 Å². The van der Waals surface area contributed by atoms with E-state index in [1.54, 1.807) is 7.11 Å². The highest BCUT2D eigenvalue weighted by Gasteiger charge is 2.18. The van der Waals surface area contributed by atoms with Crippen molar-refractivity contribution in [2.75, 3.05) is 20.3 Å². The Hall–Kier alpha value is -1.84. The summed E-state index contributed by atoms with van der Waals surface area (Å²) in [6.07, 6.45) is 3.55. The van der Waals surface area contributed by atoms with Crippen LogP contribution in [0, 0.1) is 0 Å². The first-order chi connectivity index (χ1) is 9.35. The summed E-state index contributed by atoms with van der Waals surface area (Å²) in [6.45, 7) is 1.63. The summed E-state index contributed by atoms with van der Waals surface area (Å²) in [5.41, 5.74) is 0.806. The minimum atomic E-state index is 0.0486. The van der Waals surface area contributed by atoms with E-state index in [9.17, 15) is 4.79 Å². The Labute approximate surface area is 112 Å². The van der Waals surface area contributed by atoms with Gasteiger partial charge < -0.3 is 14.2 Å². The molecule has 1 aliphatic rings. The van der Waals surface area contributed by atoms with E-state index in [4.69, 9.17) is 14.2 Å². The van der Waals surface area contributed by atoms with E-state index in [1.165, 1.54) is 6.08 Å². The lowest BCUT2D eigenvalue weighted by Gasteiger charge is -2.24. The molecule has 5 nitrogen and oxygen atoms in total. The van der Waals surface area contributed by atoms with Gasteiger partial charge in [-0.05, 0) is 18.9 Å². The molecule has 1 fully saturated rings. The molecule has 1 aromatic rings. The number of isocyanates is 1. The van der Waals surface area contributed by atoms with Gasteiger partial charge in [0.15, 0.2) is 11.5 Å². The Balaban J connectivity index is 2.16. The van der Waals surface area contributed by atoms with Gasteiger partial charge >= 0.3 is 0 Å². The van der Waals surface area contributed by atoms with Gasteiger partial charge in [-0.3, -0.25) is 0 Å². The molecule has 102 valence electrons. The number of hydrogen-bond donors (Lipinski definition) is 0. The van der Waals surface area contributed by atoms with Gasteiger partial charge in [0.1, 0.15) is 6.10 Å². The van der Waals surface area contributed by atoms with E-state index in [2.05, 4.69) is 4.99 Å². The lowest BCUT2D eigenvalue weighted by molar-refractivity contribution is 0.00639. The van der Waals surface area contributed by atoms with Crippen molar-refractivity contribution in [1.82, 2.24) is 0 Å². The Morgan fingerprint density at radius 1 is 1.53 bits per heavy atom. The number of nitrogens with zero attached hydrogens (tertiary/aromatic N) is 1. The standard InChI is InChI=1S/C14H17NO4/c1-17-14-11(8-15-10-16)4-2-6-13(14)19-12-5-3-7-18-9-12/h2,4,6,12H,3,5,7-9H2,1H3. The molecule has 0 N–H and O–H groups in total. The molecule has 19 heavy (non-hydrogen) atoms. The van der Waals surface area contributed by atoms with Crippen LogP contribution in [0.3, 0.4) is 0 Å². The quantitative estimate of drug-likeness (QED) is 0.603. The molecule has 1 atom stereocenters. The van der Waals surface area contributed by atoms with E-state index in [0.717, 1.165) is 25.0 Å². The molecule has 1 saturated heterocycles. The van der Waals surface area contributed by atoms with Gasteiger partial charge in [0, 0.05) is 12.2 Å². The number of benzene rings is 1. The zero-order chi connectivity index (χ0) is 13.5. The van der Waals surface area contributed by atoms with Crippen LogP contribution in [0.2, 0.25) is 0 Å². The largest absolute Gasteiger partial charge is 0.493 e. The second-order valence-corrected chi connectivity index (χ2v) is 4.31. The maximum absolute atomic E-state index is 10.2. The predicted octanol–water partition coefficient (Wildman–Crippen LogP) is 2.09. The molecule has 0 spiro atoms. The SMILES string of the molecule is COc1c(CN=C=O)cccc1OC1CCCOC1. The fraction of sp³-hybridized carbons (Fsp3) is 0.500. The average Bonchev–Trinajstić information content (AvgIpc) is 2.46. The van der Waals surface area contributed by atoms with Crippen LogP contribution >= 0.6 is 0 Å². The molecule has 0 bridgehead atoms. The van der Waals surface area contributed by atoms with Crippen LogP contribution in [-0.2, 0) is 16.1 Å². The lowest BCUT2D eigenvalue weighted by Crippen LogP contribution is -2.28. The van der Waals surface area contributed by atoms with Crippen molar-refractivity contribution < 1.29 is 19.0 Å². The maximum Gasteiger partial charge on any atom is 0.235 e. The van der Waals surface area contributed by atoms with E-state index in [-0.39, 0.29) is 12.6 Å². The zero-order valence-corrected chi connectivity index (χ0v) is 10.9. The summed E-state index contributed by atoms with van der Waals surface area (Å²) < 4.78 is 16.7. The van der Waals surface area contributed by atoms with Gasteiger partial charge in [-0.1, -0.05) is 12.1 Å². The molecular weight excluding hydrogens is 246 g/mol. The average molecular weight is 263 g/mol. The van der Waals surface area contributed by atoms with Crippen molar-refractivity contribution >= 4 is 6.08 Å². The molecule has 1 aliphatic heterocycles. The smallest absolute Gasteiger partial charge is 0.235 e. The third-order valence-corrected chi connectivity index (χ3v) is 2.99. The van der Waals surface area contributed by atoms with Gasteiger partial charge in [-0.15, -0.1) is 0 Å². The normalized spacial score (nSPS) is 18.5. The highest BCUT2D eigenvalue weighted by molar-refractivity contribution is 5.47. The van der Waals surface area contributed by atoms with Gasteiger partial charge in [0.2, 0.25) is 6.08 Å². The van der Waals surface area contributed by atoms with E-state index >= 15 is 0 Å². The molecule has 0 aromatic heterocycles. The highest BCUT2D eigenvalue weighted by Crippen LogP contribution is 2.33. The van der Waals surface area contributed by atoms with Crippen molar-refractivity contribution in [3.63, 3.8) is 0 Å². The van der Waals surface area contributed by atoms with Crippen molar-refractivity contribution in [3.8, 4) is 11.5 Å². The second-order valence-electron chi connectivity index (χ2n) is 4.31. The summed E-state index contributed by atoms with van der Waals surface area (Å²) in [5, 5.41) is 0. The first-order valence-corrected chi connectivity index (χ1v) is 6.29.